The van der Waals surface area contributed by atoms with Crippen LogP contribution in [0.5, 0.6) is 5.75 Å². The topological polar surface area (TPSA) is 34.1 Å². The summed E-state index contributed by atoms with van der Waals surface area (Å²) in [4.78, 5) is 5.77. The number of benzene rings is 1. The predicted molar refractivity (Wildman–Crippen MR) is 79.9 cm³/mol. The van der Waals surface area contributed by atoms with Crippen molar-refractivity contribution >= 4 is 11.3 Å². The van der Waals surface area contributed by atoms with Gasteiger partial charge in [0.2, 0.25) is 0 Å². The van der Waals surface area contributed by atoms with Crippen LogP contribution in [-0.4, -0.2) is 12.0 Å². The van der Waals surface area contributed by atoms with E-state index in [2.05, 4.69) is 42.3 Å². The van der Waals surface area contributed by atoms with E-state index in [-0.39, 0.29) is 0 Å². The second-order valence-electron chi connectivity index (χ2n) is 4.63. The standard InChI is InChI=1S/C15H20N2OS/c1-10-6-5-7-13(8-16-4)15(10)18-9-14-17-11(2)12(3)19-14/h5-7,16H,8-9H2,1-4H3. The molecule has 0 aliphatic rings. The summed E-state index contributed by atoms with van der Waals surface area (Å²) < 4.78 is 5.98. The number of aromatic nitrogens is 1. The highest BCUT2D eigenvalue weighted by molar-refractivity contribution is 7.11. The van der Waals surface area contributed by atoms with Gasteiger partial charge in [-0.2, -0.15) is 0 Å². The molecule has 1 N–H and O–H groups in total. The van der Waals surface area contributed by atoms with Gasteiger partial charge in [-0.3, -0.25) is 0 Å². The molecule has 2 rings (SSSR count). The van der Waals surface area contributed by atoms with Gasteiger partial charge in [-0.25, -0.2) is 4.98 Å². The highest BCUT2D eigenvalue weighted by Crippen LogP contribution is 2.25. The molecule has 0 unspecified atom stereocenters. The Labute approximate surface area is 118 Å². The van der Waals surface area contributed by atoms with Gasteiger partial charge in [0, 0.05) is 17.0 Å². The average Bonchev–Trinajstić information content (AvgIpc) is 2.68. The van der Waals surface area contributed by atoms with Crippen LogP contribution in [0.1, 0.15) is 26.7 Å². The number of aryl methyl sites for hydroxylation is 3. The van der Waals surface area contributed by atoms with Crippen LogP contribution in [0.2, 0.25) is 0 Å². The lowest BCUT2D eigenvalue weighted by Crippen LogP contribution is -2.08. The molecule has 0 aliphatic heterocycles. The molecule has 19 heavy (non-hydrogen) atoms. The van der Waals surface area contributed by atoms with E-state index in [0.717, 1.165) is 28.6 Å². The molecule has 0 amide bonds. The number of para-hydroxylation sites is 1. The summed E-state index contributed by atoms with van der Waals surface area (Å²) >= 11 is 1.71. The summed E-state index contributed by atoms with van der Waals surface area (Å²) in [7, 11) is 1.94. The molecule has 102 valence electrons. The van der Waals surface area contributed by atoms with Gasteiger partial charge < -0.3 is 10.1 Å². The molecule has 0 radical (unpaired) electrons. The molecule has 0 bridgehead atoms. The van der Waals surface area contributed by atoms with Crippen LogP contribution in [-0.2, 0) is 13.2 Å². The van der Waals surface area contributed by atoms with Crippen molar-refractivity contribution in [2.75, 3.05) is 7.05 Å². The maximum atomic E-state index is 5.98. The van der Waals surface area contributed by atoms with Gasteiger partial charge in [0.15, 0.2) is 0 Å². The van der Waals surface area contributed by atoms with Crippen LogP contribution in [0, 0.1) is 20.8 Å². The van der Waals surface area contributed by atoms with Crippen molar-refractivity contribution in [3.05, 3.63) is 44.9 Å². The monoisotopic (exact) mass is 276 g/mol. The van der Waals surface area contributed by atoms with E-state index in [9.17, 15) is 0 Å². The van der Waals surface area contributed by atoms with E-state index < -0.39 is 0 Å². The third-order valence-corrected chi connectivity index (χ3v) is 4.12. The first-order valence-corrected chi connectivity index (χ1v) is 7.22. The average molecular weight is 276 g/mol. The molecule has 0 saturated carbocycles. The van der Waals surface area contributed by atoms with Crippen LogP contribution < -0.4 is 10.1 Å². The Bertz CT molecular complexity index is 544. The fourth-order valence-corrected chi connectivity index (χ4v) is 2.83. The fraction of sp³-hybridized carbons (Fsp3) is 0.400. The van der Waals surface area contributed by atoms with Crippen molar-refractivity contribution in [3.8, 4) is 5.75 Å². The van der Waals surface area contributed by atoms with Gasteiger partial charge in [-0.15, -0.1) is 11.3 Å². The van der Waals surface area contributed by atoms with Crippen molar-refractivity contribution in [1.29, 1.82) is 0 Å². The minimum atomic E-state index is 0.543. The third-order valence-electron chi connectivity index (χ3n) is 3.07. The molecule has 0 aliphatic carbocycles. The molecule has 1 aromatic carbocycles. The summed E-state index contributed by atoms with van der Waals surface area (Å²) in [5.74, 6) is 0.974. The fourth-order valence-electron chi connectivity index (χ4n) is 1.98. The van der Waals surface area contributed by atoms with Gasteiger partial charge in [-0.05, 0) is 33.4 Å². The Morgan fingerprint density at radius 1 is 1.26 bits per heavy atom. The number of rotatable bonds is 5. The third kappa shape index (κ3) is 3.33. The SMILES string of the molecule is CNCc1cccc(C)c1OCc1nc(C)c(C)s1. The molecule has 0 atom stereocenters. The smallest absolute Gasteiger partial charge is 0.140 e. The highest BCUT2D eigenvalue weighted by atomic mass is 32.1. The second kappa shape index (κ2) is 6.17. The van der Waals surface area contributed by atoms with Crippen LogP contribution >= 0.6 is 11.3 Å². The Kier molecular flexibility index (Phi) is 4.56. The van der Waals surface area contributed by atoms with Crippen molar-refractivity contribution in [2.45, 2.75) is 33.9 Å². The van der Waals surface area contributed by atoms with E-state index in [1.54, 1.807) is 11.3 Å². The largest absolute Gasteiger partial charge is 0.486 e. The number of nitrogens with one attached hydrogen (secondary N) is 1. The maximum Gasteiger partial charge on any atom is 0.140 e. The molecular formula is C15H20N2OS. The number of nitrogens with zero attached hydrogens (tertiary/aromatic N) is 1. The minimum Gasteiger partial charge on any atom is -0.486 e. The van der Waals surface area contributed by atoms with Crippen LogP contribution in [0.4, 0.5) is 0 Å². The lowest BCUT2D eigenvalue weighted by molar-refractivity contribution is 0.299. The molecule has 4 heteroatoms. The van der Waals surface area contributed by atoms with Gasteiger partial charge in [-0.1, -0.05) is 18.2 Å². The zero-order valence-electron chi connectivity index (χ0n) is 11.9. The zero-order chi connectivity index (χ0) is 13.8. The Morgan fingerprint density at radius 3 is 2.68 bits per heavy atom. The number of hydrogen-bond donors (Lipinski definition) is 1. The maximum absolute atomic E-state index is 5.98. The van der Waals surface area contributed by atoms with Crippen LogP contribution in [0.25, 0.3) is 0 Å². The zero-order valence-corrected chi connectivity index (χ0v) is 12.7. The molecule has 2 aromatic rings. The lowest BCUT2D eigenvalue weighted by atomic mass is 10.1. The van der Waals surface area contributed by atoms with E-state index in [0.29, 0.717) is 6.61 Å². The van der Waals surface area contributed by atoms with E-state index in [1.165, 1.54) is 10.4 Å². The van der Waals surface area contributed by atoms with Gasteiger partial charge in [0.05, 0.1) is 5.69 Å². The number of hydrogen-bond acceptors (Lipinski definition) is 4. The van der Waals surface area contributed by atoms with E-state index >= 15 is 0 Å². The summed E-state index contributed by atoms with van der Waals surface area (Å²) in [5, 5.41) is 4.21. The number of thiazole rings is 1. The second-order valence-corrected chi connectivity index (χ2v) is 5.92. The first kappa shape index (κ1) is 14.0. The molecule has 0 spiro atoms. The normalized spacial score (nSPS) is 10.7. The van der Waals surface area contributed by atoms with Crippen molar-refractivity contribution in [3.63, 3.8) is 0 Å². The van der Waals surface area contributed by atoms with Gasteiger partial charge in [0.25, 0.3) is 0 Å². The Morgan fingerprint density at radius 2 is 2.05 bits per heavy atom. The van der Waals surface area contributed by atoms with Crippen molar-refractivity contribution < 1.29 is 4.74 Å². The van der Waals surface area contributed by atoms with Gasteiger partial charge >= 0.3 is 0 Å². The van der Waals surface area contributed by atoms with Crippen molar-refractivity contribution in [2.24, 2.45) is 0 Å². The Hall–Kier alpha value is -1.39. The highest BCUT2D eigenvalue weighted by Gasteiger charge is 2.09. The first-order valence-electron chi connectivity index (χ1n) is 6.40. The van der Waals surface area contributed by atoms with Crippen molar-refractivity contribution in [1.82, 2.24) is 10.3 Å². The molecule has 3 nitrogen and oxygen atoms in total. The molecule has 1 aromatic heterocycles. The quantitative estimate of drug-likeness (QED) is 0.909. The first-order chi connectivity index (χ1) is 9.11. The van der Waals surface area contributed by atoms with E-state index in [4.69, 9.17) is 4.74 Å². The summed E-state index contributed by atoms with van der Waals surface area (Å²) in [6.07, 6.45) is 0. The molecule has 0 saturated heterocycles. The Balaban J connectivity index is 2.14. The summed E-state index contributed by atoms with van der Waals surface area (Å²) in [5.41, 5.74) is 3.45. The van der Waals surface area contributed by atoms with E-state index in [1.807, 2.05) is 14.0 Å². The summed E-state index contributed by atoms with van der Waals surface area (Å²) in [6, 6.07) is 6.23. The van der Waals surface area contributed by atoms with Crippen LogP contribution in [0.3, 0.4) is 0 Å². The summed E-state index contributed by atoms with van der Waals surface area (Å²) in [6.45, 7) is 7.56. The lowest BCUT2D eigenvalue weighted by Gasteiger charge is -2.13. The molecular weight excluding hydrogens is 256 g/mol. The minimum absolute atomic E-state index is 0.543. The number of ether oxygens (including phenoxy) is 1. The predicted octanol–water partition coefficient (Wildman–Crippen LogP) is 3.37. The molecule has 1 heterocycles. The van der Waals surface area contributed by atoms with Crippen LogP contribution in [0.15, 0.2) is 18.2 Å². The molecule has 0 fully saturated rings. The van der Waals surface area contributed by atoms with Gasteiger partial charge in [0.1, 0.15) is 17.4 Å².